The maximum atomic E-state index is 14.4. The molecule has 0 aliphatic heterocycles. The maximum absolute atomic E-state index is 14.4. The van der Waals surface area contributed by atoms with Gasteiger partial charge in [0.1, 0.15) is 29.6 Å². The predicted octanol–water partition coefficient (Wildman–Crippen LogP) is 4.71. The average Bonchev–Trinajstić information content (AvgIpc) is 3.08. The van der Waals surface area contributed by atoms with E-state index in [9.17, 15) is 9.18 Å². The largest absolute Gasteiger partial charge is 0.487 e. The molecule has 0 fully saturated rings. The van der Waals surface area contributed by atoms with Gasteiger partial charge in [0.05, 0.1) is 0 Å². The van der Waals surface area contributed by atoms with Crippen molar-refractivity contribution in [2.75, 3.05) is 6.61 Å². The number of benzene rings is 2. The Hall–Kier alpha value is -3.19. The minimum Gasteiger partial charge on any atom is -0.487 e. The topological polar surface area (TPSA) is 81.8 Å². The summed E-state index contributed by atoms with van der Waals surface area (Å²) in [5, 5.41) is 9.16. The van der Waals surface area contributed by atoms with Crippen LogP contribution in [0.4, 0.5) is 4.39 Å². The van der Waals surface area contributed by atoms with Crippen LogP contribution in [0.1, 0.15) is 29.5 Å². The van der Waals surface area contributed by atoms with E-state index in [2.05, 4.69) is 4.98 Å². The lowest BCUT2D eigenvalue weighted by Gasteiger charge is -2.13. The summed E-state index contributed by atoms with van der Waals surface area (Å²) in [6.07, 6.45) is -1.15. The molecule has 0 radical (unpaired) electrons. The van der Waals surface area contributed by atoms with E-state index in [-0.39, 0.29) is 25.2 Å². The van der Waals surface area contributed by atoms with Crippen molar-refractivity contribution in [3.05, 3.63) is 70.9 Å². The lowest BCUT2D eigenvalue weighted by molar-refractivity contribution is -0.150. The summed E-state index contributed by atoms with van der Waals surface area (Å²) in [6, 6.07) is 12.1. The fourth-order valence-electron chi connectivity index (χ4n) is 3.04. The summed E-state index contributed by atoms with van der Waals surface area (Å²) in [7, 11) is 0. The standard InChI is InChI=1S/C23H24FNO5/c1-4-28-21(23(26)27)11-16-9-10-17(12-19(16)24)29-13-20-15(3)30-22(25-20)18-8-6-5-7-14(18)2/h5-10,12,21H,4,11,13H2,1-3H3,(H,26,27)/t21-/m0/s1. The third-order valence-electron chi connectivity index (χ3n) is 4.72. The van der Waals surface area contributed by atoms with E-state index in [0.29, 0.717) is 23.1 Å². The Morgan fingerprint density at radius 1 is 1.23 bits per heavy atom. The van der Waals surface area contributed by atoms with Crippen LogP contribution in [0.3, 0.4) is 0 Å². The van der Waals surface area contributed by atoms with Gasteiger partial charge in [-0.1, -0.05) is 24.3 Å². The van der Waals surface area contributed by atoms with E-state index in [1.807, 2.05) is 31.2 Å². The summed E-state index contributed by atoms with van der Waals surface area (Å²) in [4.78, 5) is 15.7. The normalized spacial score (nSPS) is 12.0. The molecule has 1 aromatic heterocycles. The zero-order valence-electron chi connectivity index (χ0n) is 17.1. The molecule has 2 aromatic carbocycles. The first-order valence-electron chi connectivity index (χ1n) is 9.67. The number of rotatable bonds is 9. The molecule has 3 aromatic rings. The molecular weight excluding hydrogens is 389 g/mol. The Morgan fingerprint density at radius 3 is 2.67 bits per heavy atom. The number of carboxylic acid groups (broad SMARTS) is 1. The molecule has 1 N–H and O–H groups in total. The Kier molecular flexibility index (Phi) is 6.84. The first-order chi connectivity index (χ1) is 14.4. The molecule has 0 saturated carbocycles. The second kappa shape index (κ2) is 9.54. The van der Waals surface area contributed by atoms with Crippen molar-refractivity contribution in [3.8, 4) is 17.2 Å². The molecule has 0 amide bonds. The number of aromatic nitrogens is 1. The molecule has 1 heterocycles. The number of aryl methyl sites for hydroxylation is 2. The minimum atomic E-state index is -1.12. The average molecular weight is 413 g/mol. The first-order valence-corrected chi connectivity index (χ1v) is 9.67. The number of nitrogens with zero attached hydrogens (tertiary/aromatic N) is 1. The number of ether oxygens (including phenoxy) is 2. The van der Waals surface area contributed by atoms with Crippen molar-refractivity contribution in [1.29, 1.82) is 0 Å². The van der Waals surface area contributed by atoms with Gasteiger partial charge in [-0.05, 0) is 44.0 Å². The van der Waals surface area contributed by atoms with Crippen LogP contribution in [0.2, 0.25) is 0 Å². The summed E-state index contributed by atoms with van der Waals surface area (Å²) in [6.45, 7) is 5.84. The fourth-order valence-corrected chi connectivity index (χ4v) is 3.04. The van der Waals surface area contributed by atoms with Gasteiger partial charge >= 0.3 is 5.97 Å². The second-order valence-electron chi connectivity index (χ2n) is 6.87. The minimum absolute atomic E-state index is 0.0581. The maximum Gasteiger partial charge on any atom is 0.333 e. The molecule has 0 aliphatic rings. The van der Waals surface area contributed by atoms with Crippen molar-refractivity contribution in [2.24, 2.45) is 0 Å². The highest BCUT2D eigenvalue weighted by molar-refractivity contribution is 5.72. The summed E-state index contributed by atoms with van der Waals surface area (Å²) < 4.78 is 31.0. The van der Waals surface area contributed by atoms with Crippen LogP contribution < -0.4 is 4.74 Å². The molecule has 0 unspecified atom stereocenters. The van der Waals surface area contributed by atoms with Crippen molar-refractivity contribution in [1.82, 2.24) is 4.98 Å². The van der Waals surface area contributed by atoms with Crippen molar-refractivity contribution < 1.29 is 28.2 Å². The lowest BCUT2D eigenvalue weighted by atomic mass is 10.1. The molecule has 6 nitrogen and oxygen atoms in total. The third-order valence-corrected chi connectivity index (χ3v) is 4.72. The highest BCUT2D eigenvalue weighted by Gasteiger charge is 2.20. The summed E-state index contributed by atoms with van der Waals surface area (Å²) in [5.74, 6) is -0.203. The van der Waals surface area contributed by atoms with Gasteiger partial charge < -0.3 is 19.0 Å². The van der Waals surface area contributed by atoms with Gasteiger partial charge in [-0.15, -0.1) is 0 Å². The quantitative estimate of drug-likeness (QED) is 0.547. The predicted molar refractivity (Wildman–Crippen MR) is 109 cm³/mol. The van der Waals surface area contributed by atoms with Crippen molar-refractivity contribution >= 4 is 5.97 Å². The van der Waals surface area contributed by atoms with Crippen LogP contribution in [0, 0.1) is 19.7 Å². The van der Waals surface area contributed by atoms with Crippen LogP contribution in [0.5, 0.6) is 5.75 Å². The summed E-state index contributed by atoms with van der Waals surface area (Å²) >= 11 is 0. The number of aliphatic carboxylic acids is 1. The zero-order valence-corrected chi connectivity index (χ0v) is 17.1. The van der Waals surface area contributed by atoms with E-state index in [1.165, 1.54) is 12.1 Å². The van der Waals surface area contributed by atoms with Crippen molar-refractivity contribution in [2.45, 2.75) is 39.9 Å². The number of carbonyl (C=O) groups is 1. The van der Waals surface area contributed by atoms with Gasteiger partial charge in [-0.2, -0.15) is 0 Å². The van der Waals surface area contributed by atoms with E-state index in [1.54, 1.807) is 19.9 Å². The Balaban J connectivity index is 1.69. The van der Waals surface area contributed by atoms with Crippen molar-refractivity contribution in [3.63, 3.8) is 0 Å². The number of halogens is 1. The molecule has 0 aliphatic carbocycles. The number of hydrogen-bond donors (Lipinski definition) is 1. The highest BCUT2D eigenvalue weighted by atomic mass is 19.1. The van der Waals surface area contributed by atoms with Gasteiger partial charge in [0, 0.05) is 24.7 Å². The Morgan fingerprint density at radius 2 is 2.00 bits per heavy atom. The summed E-state index contributed by atoms with van der Waals surface area (Å²) in [5.41, 5.74) is 2.84. The molecule has 0 saturated heterocycles. The second-order valence-corrected chi connectivity index (χ2v) is 6.87. The van der Waals surface area contributed by atoms with Gasteiger partial charge in [-0.3, -0.25) is 0 Å². The number of hydrogen-bond acceptors (Lipinski definition) is 5. The molecule has 0 spiro atoms. The van der Waals surface area contributed by atoms with E-state index in [0.717, 1.165) is 11.1 Å². The van der Waals surface area contributed by atoms with E-state index < -0.39 is 17.9 Å². The van der Waals surface area contributed by atoms with Crippen LogP contribution in [-0.2, 0) is 22.6 Å². The van der Waals surface area contributed by atoms with Gasteiger partial charge in [0.25, 0.3) is 0 Å². The zero-order chi connectivity index (χ0) is 21.7. The van der Waals surface area contributed by atoms with Gasteiger partial charge in [0.15, 0.2) is 6.10 Å². The SMILES string of the molecule is CCO[C@@H](Cc1ccc(OCc2nc(-c3ccccc3C)oc2C)cc1F)C(=O)O. The van der Waals surface area contributed by atoms with Gasteiger partial charge in [0.2, 0.25) is 5.89 Å². The Bertz CT molecular complexity index is 1030. The van der Waals surface area contributed by atoms with E-state index >= 15 is 0 Å². The fraction of sp³-hybridized carbons (Fsp3) is 0.304. The first kappa shape index (κ1) is 21.5. The van der Waals surface area contributed by atoms with E-state index in [4.69, 9.17) is 19.0 Å². The highest BCUT2D eigenvalue weighted by Crippen LogP contribution is 2.26. The third kappa shape index (κ3) is 5.04. The molecule has 158 valence electrons. The van der Waals surface area contributed by atoms with Gasteiger partial charge in [-0.25, -0.2) is 14.2 Å². The number of oxazole rings is 1. The molecule has 7 heteroatoms. The van der Waals surface area contributed by atoms with Crippen LogP contribution in [0.15, 0.2) is 46.9 Å². The molecule has 30 heavy (non-hydrogen) atoms. The Labute approximate surface area is 174 Å². The monoisotopic (exact) mass is 413 g/mol. The van der Waals surface area contributed by atoms with Crippen LogP contribution in [-0.4, -0.2) is 28.8 Å². The molecule has 0 bridgehead atoms. The smallest absolute Gasteiger partial charge is 0.333 e. The molecular formula is C23H24FNO5. The van der Waals surface area contributed by atoms with Crippen LogP contribution in [0.25, 0.3) is 11.5 Å². The lowest BCUT2D eigenvalue weighted by Crippen LogP contribution is -2.26. The number of carboxylic acids is 1. The van der Waals surface area contributed by atoms with Crippen LogP contribution >= 0.6 is 0 Å². The molecule has 3 rings (SSSR count). The molecule has 1 atom stereocenters.